The van der Waals surface area contributed by atoms with E-state index in [1.165, 1.54) is 0 Å². The van der Waals surface area contributed by atoms with Gasteiger partial charge in [-0.3, -0.25) is 4.79 Å². The molecule has 0 unspecified atom stereocenters. The highest BCUT2D eigenvalue weighted by atomic mass is 16.6. The molecule has 2 aliphatic rings. The summed E-state index contributed by atoms with van der Waals surface area (Å²) in [6, 6.07) is 19.3. The Hall–Kier alpha value is -4.30. The number of amides is 2. The van der Waals surface area contributed by atoms with Gasteiger partial charge in [0.05, 0.1) is 24.1 Å². The van der Waals surface area contributed by atoms with Crippen molar-refractivity contribution in [3.05, 3.63) is 88.7 Å². The highest BCUT2D eigenvalue weighted by Gasteiger charge is 2.38. The molecule has 0 radical (unpaired) electrons. The summed E-state index contributed by atoms with van der Waals surface area (Å²) in [4.78, 5) is 38.8. The summed E-state index contributed by atoms with van der Waals surface area (Å²) >= 11 is 0. The van der Waals surface area contributed by atoms with Gasteiger partial charge in [0, 0.05) is 36.2 Å². The third kappa shape index (κ3) is 6.60. The minimum Gasteiger partial charge on any atom is -0.444 e. The number of ether oxygens (including phenoxy) is 1. The Morgan fingerprint density at radius 2 is 1.71 bits per heavy atom. The zero-order valence-corrected chi connectivity index (χ0v) is 24.6. The van der Waals surface area contributed by atoms with Gasteiger partial charge in [0.15, 0.2) is 5.69 Å². The molecule has 2 heterocycles. The first-order valence-corrected chi connectivity index (χ1v) is 14.7. The van der Waals surface area contributed by atoms with Gasteiger partial charge in [-0.25, -0.2) is 9.78 Å². The van der Waals surface area contributed by atoms with Crippen molar-refractivity contribution in [2.75, 3.05) is 19.6 Å². The fourth-order valence-corrected chi connectivity index (χ4v) is 6.08. The molecule has 2 amide bonds. The predicted molar refractivity (Wildman–Crippen MR) is 161 cm³/mol. The summed E-state index contributed by atoms with van der Waals surface area (Å²) in [5.41, 5.74) is 11.7. The van der Waals surface area contributed by atoms with Crippen LogP contribution in [0.15, 0.2) is 72.1 Å². The van der Waals surface area contributed by atoms with Crippen molar-refractivity contribution >= 4 is 12.0 Å². The minimum atomic E-state index is -0.608. The Balaban J connectivity index is 1.50. The molecule has 0 spiro atoms. The number of aromatic nitrogens is 2. The molecule has 3 atom stereocenters. The van der Waals surface area contributed by atoms with Crippen molar-refractivity contribution < 1.29 is 14.3 Å². The molecular weight excluding hydrogens is 530 g/mol. The van der Waals surface area contributed by atoms with Crippen LogP contribution >= 0.6 is 0 Å². The van der Waals surface area contributed by atoms with E-state index in [1.807, 2.05) is 90.9 Å². The van der Waals surface area contributed by atoms with Crippen LogP contribution in [0.2, 0.25) is 0 Å². The van der Waals surface area contributed by atoms with Crippen molar-refractivity contribution in [3.8, 4) is 11.3 Å². The van der Waals surface area contributed by atoms with Crippen LogP contribution in [-0.2, 0) is 11.2 Å². The molecule has 1 saturated heterocycles. The number of carbonyl (C=O) groups excluding carboxylic acids is 2. The Morgan fingerprint density at radius 1 is 1.02 bits per heavy atom. The van der Waals surface area contributed by atoms with Crippen LogP contribution in [0.25, 0.3) is 21.7 Å². The highest BCUT2D eigenvalue weighted by molar-refractivity contribution is 5.98. The maximum absolute atomic E-state index is 14.4. The van der Waals surface area contributed by atoms with Crippen LogP contribution in [0.4, 0.5) is 4.79 Å². The number of hydrogen-bond donors (Lipinski definition) is 0. The van der Waals surface area contributed by atoms with Crippen LogP contribution in [0.5, 0.6) is 0 Å². The zero-order chi connectivity index (χ0) is 29.7. The third-order valence-electron chi connectivity index (χ3n) is 8.00. The van der Waals surface area contributed by atoms with Gasteiger partial charge in [-0.05, 0) is 51.1 Å². The quantitative estimate of drug-likeness (QED) is 0.188. The molecule has 1 aliphatic carbocycles. The number of nitrogens with zero attached hydrogens (tertiary/aromatic N) is 7. The van der Waals surface area contributed by atoms with E-state index in [4.69, 9.17) is 9.72 Å². The number of hydrogen-bond acceptors (Lipinski definition) is 5. The lowest BCUT2D eigenvalue weighted by molar-refractivity contribution is 0.00429. The summed E-state index contributed by atoms with van der Waals surface area (Å²) < 4.78 is 7.71. The van der Waals surface area contributed by atoms with Gasteiger partial charge in [0.2, 0.25) is 0 Å². The second-order valence-corrected chi connectivity index (χ2v) is 12.1. The largest absolute Gasteiger partial charge is 0.444 e. The number of piperazine rings is 1. The Labute approximate surface area is 246 Å². The Bertz CT molecular complexity index is 1430. The SMILES string of the molecule is CC(C)(C)OC(=O)N1CCN(C(=O)c2ncn([C@H]3CCCC[C@H]3N=[N+]=[N-])c2-c2ccccc2)[C@H](Cc2ccccc2)C1. The summed E-state index contributed by atoms with van der Waals surface area (Å²) in [6.07, 6.45) is 5.62. The molecule has 220 valence electrons. The Kier molecular flexibility index (Phi) is 8.83. The van der Waals surface area contributed by atoms with Crippen LogP contribution in [0.1, 0.15) is 68.5 Å². The summed E-state index contributed by atoms with van der Waals surface area (Å²) in [6.45, 7) is 6.65. The molecule has 3 aromatic rings. The molecule has 1 saturated carbocycles. The molecule has 0 bridgehead atoms. The monoisotopic (exact) mass is 569 g/mol. The van der Waals surface area contributed by atoms with Gasteiger partial charge >= 0.3 is 6.09 Å². The number of imidazole rings is 1. The third-order valence-corrected chi connectivity index (χ3v) is 8.00. The van der Waals surface area contributed by atoms with Crippen molar-refractivity contribution in [1.29, 1.82) is 0 Å². The second-order valence-electron chi connectivity index (χ2n) is 12.1. The standard InChI is InChI=1S/C32H39N7O3/c1-32(2,3)42-31(41)37-18-19-38(25(21-37)20-23-12-6-4-7-13-23)30(40)28-29(24-14-8-5-9-15-24)39(22-34-28)27-17-11-10-16-26(27)35-36-33/h4-9,12-15,22,25-27H,10-11,16-21H2,1-3H3/t25-,26-,27+/m1/s1. The lowest BCUT2D eigenvalue weighted by Crippen LogP contribution is -2.58. The minimum absolute atomic E-state index is 0.0805. The highest BCUT2D eigenvalue weighted by Crippen LogP contribution is 2.36. The molecule has 2 aromatic carbocycles. The topological polar surface area (TPSA) is 116 Å². The summed E-state index contributed by atoms with van der Waals surface area (Å²) in [5, 5.41) is 4.12. The predicted octanol–water partition coefficient (Wildman–Crippen LogP) is 6.65. The van der Waals surface area contributed by atoms with E-state index < -0.39 is 5.60 Å². The van der Waals surface area contributed by atoms with Crippen LogP contribution in [0, 0.1) is 0 Å². The van der Waals surface area contributed by atoms with E-state index in [0.29, 0.717) is 31.7 Å². The molecule has 10 heteroatoms. The number of carbonyl (C=O) groups is 2. The van der Waals surface area contributed by atoms with E-state index in [-0.39, 0.29) is 30.1 Å². The van der Waals surface area contributed by atoms with E-state index in [2.05, 4.69) is 10.0 Å². The molecule has 0 N–H and O–H groups in total. The van der Waals surface area contributed by atoms with Gasteiger partial charge in [0.25, 0.3) is 5.91 Å². The smallest absolute Gasteiger partial charge is 0.410 e. The molecule has 10 nitrogen and oxygen atoms in total. The fourth-order valence-electron chi connectivity index (χ4n) is 6.08. The molecule has 1 aliphatic heterocycles. The molecular formula is C32H39N7O3. The van der Waals surface area contributed by atoms with E-state index in [9.17, 15) is 15.1 Å². The van der Waals surface area contributed by atoms with Crippen molar-refractivity contribution in [3.63, 3.8) is 0 Å². The maximum Gasteiger partial charge on any atom is 0.410 e. The average Bonchev–Trinajstić information content (AvgIpc) is 3.42. The first kappa shape index (κ1) is 29.2. The van der Waals surface area contributed by atoms with Gasteiger partial charge in [-0.2, -0.15) is 0 Å². The molecule has 2 fully saturated rings. The molecule has 1 aromatic heterocycles. The van der Waals surface area contributed by atoms with Gasteiger partial charge in [0.1, 0.15) is 5.60 Å². The maximum atomic E-state index is 14.4. The van der Waals surface area contributed by atoms with Gasteiger partial charge < -0.3 is 19.1 Å². The van der Waals surface area contributed by atoms with Gasteiger partial charge in [-0.1, -0.05) is 78.6 Å². The molecule has 42 heavy (non-hydrogen) atoms. The van der Waals surface area contributed by atoms with Crippen LogP contribution in [-0.4, -0.2) is 68.7 Å². The van der Waals surface area contributed by atoms with Crippen molar-refractivity contribution in [1.82, 2.24) is 19.4 Å². The molecule has 5 rings (SSSR count). The lowest BCUT2D eigenvalue weighted by atomic mass is 9.90. The van der Waals surface area contributed by atoms with E-state index in [1.54, 1.807) is 11.2 Å². The Morgan fingerprint density at radius 3 is 2.40 bits per heavy atom. The first-order chi connectivity index (χ1) is 20.2. The normalized spacial score (nSPS) is 21.0. The summed E-state index contributed by atoms with van der Waals surface area (Å²) in [5.74, 6) is -0.173. The zero-order valence-electron chi connectivity index (χ0n) is 24.6. The fraction of sp³-hybridized carbons (Fsp3) is 0.469. The van der Waals surface area contributed by atoms with E-state index in [0.717, 1.165) is 42.5 Å². The summed E-state index contributed by atoms with van der Waals surface area (Å²) in [7, 11) is 0. The van der Waals surface area contributed by atoms with Crippen LogP contribution < -0.4 is 0 Å². The average molecular weight is 570 g/mol. The first-order valence-electron chi connectivity index (χ1n) is 14.7. The number of benzene rings is 2. The van der Waals surface area contributed by atoms with Crippen LogP contribution in [0.3, 0.4) is 0 Å². The number of rotatable bonds is 6. The van der Waals surface area contributed by atoms with Gasteiger partial charge in [-0.15, -0.1) is 0 Å². The van der Waals surface area contributed by atoms with Crippen molar-refractivity contribution in [2.45, 2.75) is 76.6 Å². The van der Waals surface area contributed by atoms with Crippen molar-refractivity contribution in [2.24, 2.45) is 5.11 Å². The lowest BCUT2D eigenvalue weighted by Gasteiger charge is -2.41. The second kappa shape index (κ2) is 12.7. The van der Waals surface area contributed by atoms with E-state index >= 15 is 0 Å². The number of azide groups is 1.